The summed E-state index contributed by atoms with van der Waals surface area (Å²) < 4.78 is 10.2. The van der Waals surface area contributed by atoms with Gasteiger partial charge < -0.3 is 14.8 Å². The van der Waals surface area contributed by atoms with Crippen molar-refractivity contribution in [3.8, 4) is 11.3 Å². The van der Waals surface area contributed by atoms with Gasteiger partial charge >= 0.3 is 11.9 Å². The van der Waals surface area contributed by atoms with Gasteiger partial charge in [0.2, 0.25) is 0 Å². The Balaban J connectivity index is 1.37. The lowest BCUT2D eigenvalue weighted by Gasteiger charge is -2.29. The van der Waals surface area contributed by atoms with Crippen LogP contribution in [0, 0.1) is 11.8 Å². The first-order chi connectivity index (χ1) is 18.6. The number of para-hydroxylation sites is 1. The number of amides is 1. The Kier molecular flexibility index (Phi) is 9.00. The van der Waals surface area contributed by atoms with Crippen molar-refractivity contribution < 1.29 is 23.9 Å². The maximum atomic E-state index is 13.4. The van der Waals surface area contributed by atoms with Crippen LogP contribution in [-0.4, -0.2) is 42.1 Å². The van der Waals surface area contributed by atoms with E-state index in [4.69, 9.17) is 14.5 Å². The van der Waals surface area contributed by atoms with Crippen LogP contribution in [0.2, 0.25) is 0 Å². The van der Waals surface area contributed by atoms with E-state index >= 15 is 0 Å². The van der Waals surface area contributed by atoms with E-state index in [1.807, 2.05) is 63.2 Å². The number of aromatic nitrogens is 1. The number of hydrogen-bond donors (Lipinski definition) is 1. The third kappa shape index (κ3) is 7.65. The van der Waals surface area contributed by atoms with E-state index in [-0.39, 0.29) is 11.9 Å². The van der Waals surface area contributed by atoms with Crippen LogP contribution in [0.15, 0.2) is 54.6 Å². The molecule has 1 fully saturated rings. The number of rotatable bonds is 8. The molecule has 1 aliphatic rings. The average Bonchev–Trinajstić information content (AvgIpc) is 2.93. The Morgan fingerprint density at radius 2 is 1.62 bits per heavy atom. The van der Waals surface area contributed by atoms with Crippen LogP contribution in [0.1, 0.15) is 80.0 Å². The Bertz CT molecular complexity index is 1320. The minimum absolute atomic E-state index is 0.118. The Morgan fingerprint density at radius 1 is 0.949 bits per heavy atom. The third-order valence-corrected chi connectivity index (χ3v) is 7.26. The molecular formula is C32H38N2O5. The van der Waals surface area contributed by atoms with E-state index in [9.17, 15) is 14.4 Å². The number of carbonyl (C=O) groups excluding carboxylic acids is 3. The van der Waals surface area contributed by atoms with Crippen molar-refractivity contribution in [2.24, 2.45) is 11.8 Å². The predicted octanol–water partition coefficient (Wildman–Crippen LogP) is 6.35. The molecule has 0 unspecified atom stereocenters. The van der Waals surface area contributed by atoms with Crippen molar-refractivity contribution in [3.05, 3.63) is 65.7 Å². The van der Waals surface area contributed by atoms with E-state index in [1.54, 1.807) is 12.1 Å². The normalized spacial score (nSPS) is 17.4. The molecule has 7 nitrogen and oxygen atoms in total. The van der Waals surface area contributed by atoms with Crippen molar-refractivity contribution in [1.82, 2.24) is 10.3 Å². The van der Waals surface area contributed by atoms with E-state index in [0.717, 1.165) is 48.6 Å². The Labute approximate surface area is 230 Å². The van der Waals surface area contributed by atoms with Crippen molar-refractivity contribution in [2.45, 2.75) is 64.9 Å². The second-order valence-corrected chi connectivity index (χ2v) is 11.4. The van der Waals surface area contributed by atoms with E-state index in [2.05, 4.69) is 5.32 Å². The SMILES string of the molecule is COC(=O)c1ccc(-c2cc(C(=O)NCC3CCC(CCC(=O)OC(C)(C)C)CC3)c3ccccc3n2)cc1. The number of methoxy groups -OCH3 is 1. The van der Waals surface area contributed by atoms with Gasteiger partial charge in [-0.1, -0.05) is 43.2 Å². The van der Waals surface area contributed by atoms with E-state index in [0.29, 0.717) is 41.6 Å². The minimum atomic E-state index is -0.441. The maximum absolute atomic E-state index is 13.4. The van der Waals surface area contributed by atoms with Crippen molar-refractivity contribution in [3.63, 3.8) is 0 Å². The quantitative estimate of drug-likeness (QED) is 0.341. The highest BCUT2D eigenvalue weighted by Crippen LogP contribution is 2.32. The monoisotopic (exact) mass is 530 g/mol. The predicted molar refractivity (Wildman–Crippen MR) is 151 cm³/mol. The highest BCUT2D eigenvalue weighted by molar-refractivity contribution is 6.07. The lowest BCUT2D eigenvalue weighted by atomic mass is 9.80. The van der Waals surface area contributed by atoms with Gasteiger partial charge in [0.1, 0.15) is 5.60 Å². The average molecular weight is 531 g/mol. The number of carbonyl (C=O) groups is 3. The third-order valence-electron chi connectivity index (χ3n) is 7.26. The second kappa shape index (κ2) is 12.4. The van der Waals surface area contributed by atoms with Gasteiger partial charge in [0.05, 0.1) is 29.4 Å². The lowest BCUT2D eigenvalue weighted by Crippen LogP contribution is -2.31. The summed E-state index contributed by atoms with van der Waals surface area (Å²) in [6.07, 6.45) is 5.52. The number of hydrogen-bond acceptors (Lipinski definition) is 6. The molecule has 0 spiro atoms. The van der Waals surface area contributed by atoms with Crippen LogP contribution < -0.4 is 5.32 Å². The van der Waals surface area contributed by atoms with Crippen LogP contribution in [0.4, 0.5) is 0 Å². The number of nitrogens with zero attached hydrogens (tertiary/aromatic N) is 1. The first kappa shape index (κ1) is 28.3. The van der Waals surface area contributed by atoms with Gasteiger partial charge in [-0.2, -0.15) is 0 Å². The molecule has 7 heteroatoms. The molecule has 2 aromatic carbocycles. The van der Waals surface area contributed by atoms with Gasteiger partial charge in [-0.15, -0.1) is 0 Å². The zero-order chi connectivity index (χ0) is 28.0. The van der Waals surface area contributed by atoms with Gasteiger partial charge in [-0.3, -0.25) is 9.59 Å². The Hall–Kier alpha value is -3.74. The molecule has 1 N–H and O–H groups in total. The Morgan fingerprint density at radius 3 is 2.28 bits per heavy atom. The van der Waals surface area contributed by atoms with Crippen LogP contribution in [0.3, 0.4) is 0 Å². The number of fused-ring (bicyclic) bond motifs is 1. The van der Waals surface area contributed by atoms with Gasteiger partial charge in [0, 0.05) is 23.9 Å². The van der Waals surface area contributed by atoms with Gasteiger partial charge in [-0.05, 0) is 76.1 Å². The first-order valence-corrected chi connectivity index (χ1v) is 13.7. The molecule has 0 saturated heterocycles. The highest BCUT2D eigenvalue weighted by Gasteiger charge is 2.24. The fraction of sp³-hybridized carbons (Fsp3) is 0.438. The molecule has 206 valence electrons. The molecule has 1 aromatic heterocycles. The van der Waals surface area contributed by atoms with Gasteiger partial charge in [0.15, 0.2) is 0 Å². The summed E-state index contributed by atoms with van der Waals surface area (Å²) in [6.45, 7) is 6.30. The lowest BCUT2D eigenvalue weighted by molar-refractivity contribution is -0.155. The zero-order valence-electron chi connectivity index (χ0n) is 23.3. The topological polar surface area (TPSA) is 94.6 Å². The van der Waals surface area contributed by atoms with Crippen molar-refractivity contribution in [1.29, 1.82) is 0 Å². The van der Waals surface area contributed by atoms with Crippen molar-refractivity contribution in [2.75, 3.05) is 13.7 Å². The summed E-state index contributed by atoms with van der Waals surface area (Å²) in [5, 5.41) is 3.96. The number of ether oxygens (including phenoxy) is 2. The van der Waals surface area contributed by atoms with E-state index in [1.165, 1.54) is 7.11 Å². The number of nitrogens with one attached hydrogen (secondary N) is 1. The van der Waals surface area contributed by atoms with Gasteiger partial charge in [0.25, 0.3) is 5.91 Å². The number of benzene rings is 2. The summed E-state index contributed by atoms with van der Waals surface area (Å²) in [5.41, 5.74) is 2.82. The summed E-state index contributed by atoms with van der Waals surface area (Å²) in [7, 11) is 1.35. The fourth-order valence-corrected chi connectivity index (χ4v) is 5.18. The molecule has 0 aliphatic heterocycles. The van der Waals surface area contributed by atoms with Crippen LogP contribution >= 0.6 is 0 Å². The largest absolute Gasteiger partial charge is 0.465 e. The van der Waals surface area contributed by atoms with Crippen LogP contribution in [-0.2, 0) is 14.3 Å². The molecule has 0 bridgehead atoms. The summed E-state index contributed by atoms with van der Waals surface area (Å²) in [6, 6.07) is 16.5. The molecule has 39 heavy (non-hydrogen) atoms. The van der Waals surface area contributed by atoms with Crippen LogP contribution in [0.5, 0.6) is 0 Å². The molecular weight excluding hydrogens is 492 g/mol. The van der Waals surface area contributed by atoms with Crippen molar-refractivity contribution >= 4 is 28.7 Å². The summed E-state index contributed by atoms with van der Waals surface area (Å²) >= 11 is 0. The number of pyridine rings is 1. The number of esters is 2. The summed E-state index contributed by atoms with van der Waals surface area (Å²) in [5.74, 6) is 0.311. The first-order valence-electron chi connectivity index (χ1n) is 13.7. The molecule has 1 amide bonds. The smallest absolute Gasteiger partial charge is 0.337 e. The fourth-order valence-electron chi connectivity index (χ4n) is 5.18. The standard InChI is InChI=1S/C32H38N2O5/c1-32(2,3)39-29(35)18-13-21-9-11-22(12-10-21)20-33-30(36)26-19-28(34-27-8-6-5-7-25(26)27)23-14-16-24(17-15-23)31(37)38-4/h5-8,14-17,19,21-22H,9-13,18,20H2,1-4H3,(H,33,36). The molecule has 0 radical (unpaired) electrons. The van der Waals surface area contributed by atoms with E-state index < -0.39 is 11.6 Å². The second-order valence-electron chi connectivity index (χ2n) is 11.4. The minimum Gasteiger partial charge on any atom is -0.465 e. The summed E-state index contributed by atoms with van der Waals surface area (Å²) in [4.78, 5) is 42.0. The van der Waals surface area contributed by atoms with Crippen LogP contribution in [0.25, 0.3) is 22.2 Å². The molecule has 3 aromatic rings. The molecule has 1 aliphatic carbocycles. The maximum Gasteiger partial charge on any atom is 0.337 e. The molecule has 1 saturated carbocycles. The zero-order valence-corrected chi connectivity index (χ0v) is 23.3. The molecule has 1 heterocycles. The molecule has 4 rings (SSSR count). The van der Waals surface area contributed by atoms with Gasteiger partial charge in [-0.25, -0.2) is 9.78 Å². The highest BCUT2D eigenvalue weighted by atomic mass is 16.6. The molecule has 0 atom stereocenters.